The zero-order valence-corrected chi connectivity index (χ0v) is 12.1. The Morgan fingerprint density at radius 2 is 1.95 bits per heavy atom. The molecule has 0 spiro atoms. The molecular formula is C17H20FNO. The molecule has 3 heteroatoms. The van der Waals surface area contributed by atoms with E-state index in [1.54, 1.807) is 6.07 Å². The average Bonchev–Trinajstić information content (AvgIpc) is 2.35. The molecule has 1 unspecified atom stereocenters. The quantitative estimate of drug-likeness (QED) is 0.909. The van der Waals surface area contributed by atoms with E-state index in [9.17, 15) is 4.39 Å². The molecule has 0 saturated heterocycles. The fourth-order valence-corrected chi connectivity index (χ4v) is 2.20. The first-order valence-electron chi connectivity index (χ1n) is 6.75. The molecule has 0 heterocycles. The van der Waals surface area contributed by atoms with Gasteiger partial charge in [0.2, 0.25) is 0 Å². The Labute approximate surface area is 119 Å². The number of halogens is 1. The smallest absolute Gasteiger partial charge is 0.166 e. The second kappa shape index (κ2) is 6.06. The summed E-state index contributed by atoms with van der Waals surface area (Å²) in [5.41, 5.74) is 8.74. The maximum atomic E-state index is 14.0. The summed E-state index contributed by atoms with van der Waals surface area (Å²) in [4.78, 5) is 0. The van der Waals surface area contributed by atoms with Crippen LogP contribution in [0.2, 0.25) is 0 Å². The lowest BCUT2D eigenvalue weighted by molar-refractivity contribution is 0.432. The van der Waals surface area contributed by atoms with E-state index in [2.05, 4.69) is 0 Å². The fourth-order valence-electron chi connectivity index (χ4n) is 2.20. The molecule has 2 nitrogen and oxygen atoms in total. The minimum atomic E-state index is -0.358. The third kappa shape index (κ3) is 3.36. The Morgan fingerprint density at radius 1 is 1.20 bits per heavy atom. The molecule has 0 aliphatic carbocycles. The standard InChI is InChI=1S/C17H20FNO/c1-11-7-8-16(12(2)9-11)20-17-14(10-13(3)19)5-4-6-15(17)18/h4-9,13H,10,19H2,1-3H3. The molecule has 0 aliphatic heterocycles. The van der Waals surface area contributed by atoms with Gasteiger partial charge in [-0.05, 0) is 50.5 Å². The SMILES string of the molecule is Cc1ccc(Oc2c(F)cccc2CC(C)N)c(C)c1. The van der Waals surface area contributed by atoms with Crippen molar-refractivity contribution >= 4 is 0 Å². The van der Waals surface area contributed by atoms with Crippen LogP contribution in [0.15, 0.2) is 36.4 Å². The monoisotopic (exact) mass is 273 g/mol. The van der Waals surface area contributed by atoms with Gasteiger partial charge >= 0.3 is 0 Å². The summed E-state index contributed by atoms with van der Waals surface area (Å²) in [5, 5.41) is 0. The molecule has 0 bridgehead atoms. The van der Waals surface area contributed by atoms with Gasteiger partial charge in [-0.1, -0.05) is 29.8 Å². The molecule has 0 aliphatic rings. The van der Waals surface area contributed by atoms with Crippen LogP contribution in [0, 0.1) is 19.7 Å². The highest BCUT2D eigenvalue weighted by Crippen LogP contribution is 2.31. The van der Waals surface area contributed by atoms with Gasteiger partial charge in [-0.2, -0.15) is 0 Å². The van der Waals surface area contributed by atoms with Crippen molar-refractivity contribution in [2.75, 3.05) is 0 Å². The van der Waals surface area contributed by atoms with Crippen molar-refractivity contribution < 1.29 is 9.13 Å². The lowest BCUT2D eigenvalue weighted by Gasteiger charge is -2.15. The van der Waals surface area contributed by atoms with Gasteiger partial charge in [-0.25, -0.2) is 4.39 Å². The van der Waals surface area contributed by atoms with Crippen LogP contribution in [0.25, 0.3) is 0 Å². The molecule has 0 amide bonds. The molecule has 106 valence electrons. The van der Waals surface area contributed by atoms with E-state index < -0.39 is 0 Å². The fraction of sp³-hybridized carbons (Fsp3) is 0.294. The summed E-state index contributed by atoms with van der Waals surface area (Å²) in [7, 11) is 0. The van der Waals surface area contributed by atoms with Crippen molar-refractivity contribution in [3.63, 3.8) is 0 Å². The van der Waals surface area contributed by atoms with Crippen molar-refractivity contribution in [3.8, 4) is 11.5 Å². The summed E-state index contributed by atoms with van der Waals surface area (Å²) >= 11 is 0. The molecule has 1 atom stereocenters. The van der Waals surface area contributed by atoms with Crippen LogP contribution in [-0.4, -0.2) is 6.04 Å². The highest BCUT2D eigenvalue weighted by atomic mass is 19.1. The molecule has 0 saturated carbocycles. The van der Waals surface area contributed by atoms with Crippen molar-refractivity contribution in [2.24, 2.45) is 5.73 Å². The van der Waals surface area contributed by atoms with E-state index in [4.69, 9.17) is 10.5 Å². The maximum absolute atomic E-state index is 14.0. The Kier molecular flexibility index (Phi) is 4.40. The molecule has 2 aromatic rings. The maximum Gasteiger partial charge on any atom is 0.166 e. The number of para-hydroxylation sites is 1. The molecule has 0 fully saturated rings. The summed E-state index contributed by atoms with van der Waals surface area (Å²) < 4.78 is 19.8. The first-order valence-corrected chi connectivity index (χ1v) is 6.75. The Balaban J connectivity index is 2.37. The van der Waals surface area contributed by atoms with Gasteiger partial charge in [0.05, 0.1) is 0 Å². The van der Waals surface area contributed by atoms with Crippen LogP contribution in [0.5, 0.6) is 11.5 Å². The van der Waals surface area contributed by atoms with Gasteiger partial charge in [0.1, 0.15) is 5.75 Å². The molecule has 0 aromatic heterocycles. The minimum Gasteiger partial charge on any atom is -0.454 e. The van der Waals surface area contributed by atoms with Crippen LogP contribution >= 0.6 is 0 Å². The van der Waals surface area contributed by atoms with Crippen LogP contribution in [0.1, 0.15) is 23.6 Å². The average molecular weight is 273 g/mol. The van der Waals surface area contributed by atoms with E-state index in [1.165, 1.54) is 6.07 Å². The van der Waals surface area contributed by atoms with Crippen molar-refractivity contribution in [1.29, 1.82) is 0 Å². The van der Waals surface area contributed by atoms with Gasteiger partial charge in [-0.3, -0.25) is 0 Å². The molecule has 2 N–H and O–H groups in total. The lowest BCUT2D eigenvalue weighted by atomic mass is 10.1. The predicted octanol–water partition coefficient (Wildman–Crippen LogP) is 4.12. The number of ether oxygens (including phenoxy) is 1. The minimum absolute atomic E-state index is 0.0433. The van der Waals surface area contributed by atoms with Crippen LogP contribution in [0.3, 0.4) is 0 Å². The van der Waals surface area contributed by atoms with E-state index in [0.717, 1.165) is 16.7 Å². The number of rotatable bonds is 4. The normalized spacial score (nSPS) is 12.2. The van der Waals surface area contributed by atoms with Crippen molar-refractivity contribution in [1.82, 2.24) is 0 Å². The molecule has 2 rings (SSSR count). The molecule has 20 heavy (non-hydrogen) atoms. The predicted molar refractivity (Wildman–Crippen MR) is 79.7 cm³/mol. The van der Waals surface area contributed by atoms with Gasteiger partial charge in [-0.15, -0.1) is 0 Å². The number of hydrogen-bond acceptors (Lipinski definition) is 2. The number of benzene rings is 2. The van der Waals surface area contributed by atoms with Gasteiger partial charge in [0, 0.05) is 6.04 Å². The topological polar surface area (TPSA) is 35.2 Å². The van der Waals surface area contributed by atoms with Crippen molar-refractivity contribution in [3.05, 3.63) is 58.9 Å². The van der Waals surface area contributed by atoms with Gasteiger partial charge < -0.3 is 10.5 Å². The second-order valence-electron chi connectivity index (χ2n) is 5.28. The van der Waals surface area contributed by atoms with E-state index >= 15 is 0 Å². The Hall–Kier alpha value is -1.87. The summed E-state index contributed by atoms with van der Waals surface area (Å²) in [6.45, 7) is 5.86. The number of hydrogen-bond donors (Lipinski definition) is 1. The van der Waals surface area contributed by atoms with E-state index in [-0.39, 0.29) is 17.6 Å². The van der Waals surface area contributed by atoms with Crippen molar-refractivity contribution in [2.45, 2.75) is 33.2 Å². The third-order valence-corrected chi connectivity index (χ3v) is 3.13. The first-order chi connectivity index (χ1) is 9.47. The molecular weight excluding hydrogens is 253 g/mol. The summed E-state index contributed by atoms with van der Waals surface area (Å²) in [5.74, 6) is 0.589. The lowest BCUT2D eigenvalue weighted by Crippen LogP contribution is -2.18. The highest BCUT2D eigenvalue weighted by molar-refractivity contribution is 5.43. The summed E-state index contributed by atoms with van der Waals surface area (Å²) in [6.07, 6.45) is 0.581. The zero-order chi connectivity index (χ0) is 14.7. The molecule has 0 radical (unpaired) electrons. The van der Waals surface area contributed by atoms with E-state index in [1.807, 2.05) is 45.0 Å². The van der Waals surface area contributed by atoms with E-state index in [0.29, 0.717) is 12.2 Å². The summed E-state index contributed by atoms with van der Waals surface area (Å²) in [6, 6.07) is 10.7. The first kappa shape index (κ1) is 14.5. The van der Waals surface area contributed by atoms with Crippen LogP contribution < -0.4 is 10.5 Å². The largest absolute Gasteiger partial charge is 0.454 e. The van der Waals surface area contributed by atoms with Gasteiger partial charge in [0.25, 0.3) is 0 Å². The number of nitrogens with two attached hydrogens (primary N) is 1. The third-order valence-electron chi connectivity index (χ3n) is 3.13. The van der Waals surface area contributed by atoms with Crippen LogP contribution in [-0.2, 0) is 6.42 Å². The highest BCUT2D eigenvalue weighted by Gasteiger charge is 2.13. The van der Waals surface area contributed by atoms with Gasteiger partial charge in [0.15, 0.2) is 11.6 Å². The Bertz CT molecular complexity index is 608. The second-order valence-corrected chi connectivity index (χ2v) is 5.28. The number of aryl methyl sites for hydroxylation is 2. The molecule has 2 aromatic carbocycles. The Morgan fingerprint density at radius 3 is 2.60 bits per heavy atom. The zero-order valence-electron chi connectivity index (χ0n) is 12.1. The van der Waals surface area contributed by atoms with Crippen LogP contribution in [0.4, 0.5) is 4.39 Å².